The van der Waals surface area contributed by atoms with Gasteiger partial charge in [0.2, 0.25) is 0 Å². The lowest BCUT2D eigenvalue weighted by Gasteiger charge is -2.22. The quantitative estimate of drug-likeness (QED) is 0.549. The monoisotopic (exact) mass is 153 g/mol. The zero-order valence-electron chi connectivity index (χ0n) is 7.93. The Balaban J connectivity index is 3.76. The van der Waals surface area contributed by atoms with Gasteiger partial charge in [-0.25, -0.2) is 0 Å². The van der Waals surface area contributed by atoms with Gasteiger partial charge in [0.1, 0.15) is 0 Å². The molecule has 0 aromatic carbocycles. The van der Waals surface area contributed by atoms with Crippen LogP contribution in [0, 0.1) is 5.92 Å². The van der Waals surface area contributed by atoms with E-state index in [0.717, 1.165) is 18.2 Å². The molecular weight excluding hydrogens is 134 g/mol. The van der Waals surface area contributed by atoms with Crippen LogP contribution in [0.15, 0.2) is 24.9 Å². The molecule has 1 heteroatoms. The minimum Gasteiger partial charge on any atom is -0.375 e. The van der Waals surface area contributed by atoms with E-state index >= 15 is 0 Å². The lowest BCUT2D eigenvalue weighted by Crippen LogP contribution is -2.22. The summed E-state index contributed by atoms with van der Waals surface area (Å²) in [5, 5.41) is 0. The van der Waals surface area contributed by atoms with Crippen LogP contribution in [0.2, 0.25) is 0 Å². The van der Waals surface area contributed by atoms with Crippen molar-refractivity contribution < 1.29 is 0 Å². The Bertz CT molecular complexity index is 138. The number of hydrogen-bond acceptors (Lipinski definition) is 1. The summed E-state index contributed by atoms with van der Waals surface area (Å²) in [4.78, 5) is 2.14. The maximum absolute atomic E-state index is 3.87. The highest BCUT2D eigenvalue weighted by Gasteiger charge is 2.03. The second kappa shape index (κ2) is 5.00. The Morgan fingerprint density at radius 3 is 2.55 bits per heavy atom. The molecule has 0 rings (SSSR count). The number of nitrogens with zero attached hydrogens (tertiary/aromatic N) is 1. The number of rotatable bonds is 5. The van der Waals surface area contributed by atoms with Gasteiger partial charge in [-0.1, -0.05) is 33.4 Å². The molecule has 0 radical (unpaired) electrons. The number of likely N-dealkylation sites (N-methyl/N-ethyl adjacent to an activating group) is 1. The van der Waals surface area contributed by atoms with E-state index < -0.39 is 0 Å². The fraction of sp³-hybridized carbons (Fsp3) is 0.600. The summed E-state index contributed by atoms with van der Waals surface area (Å²) >= 11 is 0. The average molecular weight is 153 g/mol. The molecule has 0 aromatic heterocycles. The van der Waals surface area contributed by atoms with Crippen LogP contribution in [-0.2, 0) is 0 Å². The lowest BCUT2D eigenvalue weighted by atomic mass is 10.1. The molecule has 0 saturated heterocycles. The van der Waals surface area contributed by atoms with Crippen molar-refractivity contribution in [2.75, 3.05) is 13.6 Å². The van der Waals surface area contributed by atoms with Crippen molar-refractivity contribution in [3.05, 3.63) is 24.9 Å². The van der Waals surface area contributed by atoms with Crippen LogP contribution in [0.3, 0.4) is 0 Å². The first kappa shape index (κ1) is 10.3. The lowest BCUT2D eigenvalue weighted by molar-refractivity contribution is 0.351. The molecule has 0 aromatic rings. The van der Waals surface area contributed by atoms with Gasteiger partial charge in [0.15, 0.2) is 0 Å². The molecule has 11 heavy (non-hydrogen) atoms. The van der Waals surface area contributed by atoms with E-state index in [0.29, 0.717) is 0 Å². The molecular formula is C10H19N. The molecule has 0 heterocycles. The van der Waals surface area contributed by atoms with Crippen LogP contribution >= 0.6 is 0 Å². The van der Waals surface area contributed by atoms with Crippen LogP contribution in [0.25, 0.3) is 0 Å². The van der Waals surface area contributed by atoms with Gasteiger partial charge in [0, 0.05) is 19.3 Å². The van der Waals surface area contributed by atoms with Crippen molar-refractivity contribution in [1.82, 2.24) is 4.90 Å². The van der Waals surface area contributed by atoms with E-state index in [1.54, 1.807) is 6.08 Å². The minimum atomic E-state index is 0.733. The molecule has 0 aliphatic heterocycles. The Kier molecular flexibility index (Phi) is 4.67. The molecule has 0 spiro atoms. The molecule has 0 aliphatic rings. The van der Waals surface area contributed by atoms with Crippen molar-refractivity contribution in [2.45, 2.75) is 20.3 Å². The van der Waals surface area contributed by atoms with E-state index in [1.807, 2.05) is 0 Å². The zero-order valence-corrected chi connectivity index (χ0v) is 7.93. The first-order valence-electron chi connectivity index (χ1n) is 4.14. The highest BCUT2D eigenvalue weighted by atomic mass is 15.1. The van der Waals surface area contributed by atoms with Crippen molar-refractivity contribution in [3.8, 4) is 0 Å². The smallest absolute Gasteiger partial charge is 0.0284 e. The normalized spacial score (nSPS) is 12.3. The Labute approximate surface area is 70.4 Å². The standard InChI is InChI=1S/C10H19N/c1-6-9(3)8-11(5)10(4)7-2/h7,9H,2,4,6,8H2,1,3,5H3/t9-/m1/s1. The zero-order chi connectivity index (χ0) is 8.85. The van der Waals surface area contributed by atoms with Crippen molar-refractivity contribution in [1.29, 1.82) is 0 Å². The maximum Gasteiger partial charge on any atom is 0.0284 e. The van der Waals surface area contributed by atoms with E-state index in [1.165, 1.54) is 6.42 Å². The van der Waals surface area contributed by atoms with Crippen LogP contribution in [0.5, 0.6) is 0 Å². The predicted octanol–water partition coefficient (Wildman–Crippen LogP) is 2.66. The van der Waals surface area contributed by atoms with E-state index in [2.05, 4.69) is 39.0 Å². The average Bonchev–Trinajstić information content (AvgIpc) is 2.02. The molecule has 1 atom stereocenters. The second-order valence-corrected chi connectivity index (χ2v) is 3.09. The topological polar surface area (TPSA) is 3.24 Å². The molecule has 0 N–H and O–H groups in total. The van der Waals surface area contributed by atoms with Crippen LogP contribution in [0.4, 0.5) is 0 Å². The maximum atomic E-state index is 3.87. The largest absolute Gasteiger partial charge is 0.375 e. The van der Waals surface area contributed by atoms with E-state index in [-0.39, 0.29) is 0 Å². The molecule has 0 bridgehead atoms. The van der Waals surface area contributed by atoms with Crippen molar-refractivity contribution >= 4 is 0 Å². The van der Waals surface area contributed by atoms with E-state index in [4.69, 9.17) is 0 Å². The fourth-order valence-corrected chi connectivity index (χ4v) is 0.870. The highest BCUT2D eigenvalue weighted by Crippen LogP contribution is 2.06. The first-order chi connectivity index (χ1) is 5.11. The molecule has 1 nitrogen and oxygen atoms in total. The van der Waals surface area contributed by atoms with Crippen molar-refractivity contribution in [2.24, 2.45) is 5.92 Å². The van der Waals surface area contributed by atoms with Gasteiger partial charge in [-0.15, -0.1) is 0 Å². The highest BCUT2D eigenvalue weighted by molar-refractivity contribution is 5.08. The summed E-state index contributed by atoms with van der Waals surface area (Å²) in [6.45, 7) is 13.1. The predicted molar refractivity (Wildman–Crippen MR) is 51.4 cm³/mol. The van der Waals surface area contributed by atoms with Crippen LogP contribution in [0.1, 0.15) is 20.3 Å². The molecule has 0 aliphatic carbocycles. The third-order valence-corrected chi connectivity index (χ3v) is 2.01. The number of allylic oxidation sites excluding steroid dienone is 1. The molecule has 64 valence electrons. The van der Waals surface area contributed by atoms with Crippen LogP contribution < -0.4 is 0 Å². The summed E-state index contributed by atoms with van der Waals surface area (Å²) in [5.74, 6) is 0.733. The number of hydrogen-bond donors (Lipinski definition) is 0. The molecule has 0 amide bonds. The Hall–Kier alpha value is -0.720. The van der Waals surface area contributed by atoms with Gasteiger partial charge in [0.05, 0.1) is 0 Å². The van der Waals surface area contributed by atoms with Crippen LogP contribution in [-0.4, -0.2) is 18.5 Å². The summed E-state index contributed by atoms with van der Waals surface area (Å²) in [7, 11) is 2.05. The Morgan fingerprint density at radius 1 is 1.64 bits per heavy atom. The summed E-state index contributed by atoms with van der Waals surface area (Å²) in [6.07, 6.45) is 3.01. The third-order valence-electron chi connectivity index (χ3n) is 2.01. The van der Waals surface area contributed by atoms with Gasteiger partial charge in [0.25, 0.3) is 0 Å². The van der Waals surface area contributed by atoms with Gasteiger partial charge < -0.3 is 4.90 Å². The summed E-state index contributed by atoms with van der Waals surface area (Å²) < 4.78 is 0. The summed E-state index contributed by atoms with van der Waals surface area (Å²) in [5.41, 5.74) is 1.00. The SMILES string of the molecule is C=CC(=C)N(C)C[C@H](C)CC. The Morgan fingerprint density at radius 2 is 2.18 bits per heavy atom. The molecule has 0 fully saturated rings. The van der Waals surface area contributed by atoms with E-state index in [9.17, 15) is 0 Å². The van der Waals surface area contributed by atoms with Crippen molar-refractivity contribution in [3.63, 3.8) is 0 Å². The molecule has 0 saturated carbocycles. The summed E-state index contributed by atoms with van der Waals surface area (Å²) in [6, 6.07) is 0. The fourth-order valence-electron chi connectivity index (χ4n) is 0.870. The minimum absolute atomic E-state index is 0.733. The van der Waals surface area contributed by atoms with Gasteiger partial charge >= 0.3 is 0 Å². The van der Waals surface area contributed by atoms with Gasteiger partial charge in [-0.2, -0.15) is 0 Å². The van der Waals surface area contributed by atoms with Gasteiger partial charge in [-0.05, 0) is 12.0 Å². The van der Waals surface area contributed by atoms with Gasteiger partial charge in [-0.3, -0.25) is 0 Å². The third kappa shape index (κ3) is 3.87. The molecule has 0 unspecified atom stereocenters. The first-order valence-corrected chi connectivity index (χ1v) is 4.14. The second-order valence-electron chi connectivity index (χ2n) is 3.09.